The molecule has 0 aromatic heterocycles. The van der Waals surface area contributed by atoms with Crippen LogP contribution in [0.2, 0.25) is 0 Å². The summed E-state index contributed by atoms with van der Waals surface area (Å²) >= 11 is 0. The molecule has 0 atom stereocenters. The number of rotatable bonds is 7. The summed E-state index contributed by atoms with van der Waals surface area (Å²) in [6, 6.07) is 5.10. The van der Waals surface area contributed by atoms with Crippen LogP contribution in [-0.4, -0.2) is 13.2 Å². The van der Waals surface area contributed by atoms with E-state index in [9.17, 15) is 35.1 Å². The Hall–Kier alpha value is -2.46. The highest BCUT2D eigenvalue weighted by molar-refractivity contribution is 5.61. The molecule has 0 spiro atoms. The average molecular weight is 563 g/mol. The molecule has 0 radical (unpaired) electrons. The molecule has 4 rings (SSSR count). The molecule has 10 heteroatoms. The van der Waals surface area contributed by atoms with Gasteiger partial charge in [0.2, 0.25) is 0 Å². The van der Waals surface area contributed by atoms with Crippen LogP contribution in [0, 0.1) is 29.3 Å². The summed E-state index contributed by atoms with van der Waals surface area (Å²) in [6.45, 7) is 2.26. The van der Waals surface area contributed by atoms with Gasteiger partial charge in [-0.1, -0.05) is 25.5 Å². The summed E-state index contributed by atoms with van der Waals surface area (Å²) in [5.41, 5.74) is -1.78. The smallest absolute Gasteiger partial charge is 0.348 e. The van der Waals surface area contributed by atoms with Crippen LogP contribution >= 0.6 is 0 Å². The van der Waals surface area contributed by atoms with Crippen molar-refractivity contribution in [2.24, 2.45) is 11.8 Å². The topological polar surface area (TPSA) is 18.5 Å². The number of allylic oxidation sites excluding steroid dienone is 1. The minimum atomic E-state index is -5.16. The highest BCUT2D eigenvalue weighted by atomic mass is 19.4. The Kier molecular flexibility index (Phi) is 9.37. The highest BCUT2D eigenvalue weighted by Crippen LogP contribution is 2.43. The van der Waals surface area contributed by atoms with Crippen LogP contribution in [0.4, 0.5) is 35.1 Å². The first kappa shape index (κ1) is 29.5. The summed E-state index contributed by atoms with van der Waals surface area (Å²) in [7, 11) is 0. The van der Waals surface area contributed by atoms with Crippen LogP contribution < -0.4 is 0 Å². The molecule has 2 aromatic rings. The Balaban J connectivity index is 1.32. The SMILES string of the molecule is CCCCC(F)=C(F)c1ccc(C2CCC(C3COC(c4cc(F)c(C(F)(F)F)c(F)c4)OC3)CC2)c(F)c1. The third-order valence-electron chi connectivity index (χ3n) is 7.66. The van der Waals surface area contributed by atoms with Gasteiger partial charge in [0.15, 0.2) is 12.1 Å². The second kappa shape index (κ2) is 12.4. The van der Waals surface area contributed by atoms with Gasteiger partial charge in [-0.3, -0.25) is 0 Å². The van der Waals surface area contributed by atoms with Crippen LogP contribution in [0.15, 0.2) is 36.2 Å². The molecule has 2 nitrogen and oxygen atoms in total. The molecule has 214 valence electrons. The van der Waals surface area contributed by atoms with E-state index in [1.54, 1.807) is 0 Å². The maximum Gasteiger partial charge on any atom is 0.422 e. The number of hydrogen-bond acceptors (Lipinski definition) is 2. The van der Waals surface area contributed by atoms with E-state index < -0.39 is 47.1 Å². The minimum absolute atomic E-state index is 0.0246. The van der Waals surface area contributed by atoms with E-state index in [2.05, 4.69) is 0 Å². The Morgan fingerprint density at radius 2 is 1.46 bits per heavy atom. The zero-order valence-corrected chi connectivity index (χ0v) is 21.4. The molecule has 1 saturated heterocycles. The predicted molar refractivity (Wildman–Crippen MR) is 129 cm³/mol. The van der Waals surface area contributed by atoms with Crippen molar-refractivity contribution < 1.29 is 44.6 Å². The zero-order chi connectivity index (χ0) is 28.3. The normalized spacial score (nSPS) is 24.9. The molecule has 2 fully saturated rings. The molecular weight excluding hydrogens is 532 g/mol. The zero-order valence-electron chi connectivity index (χ0n) is 21.4. The average Bonchev–Trinajstić information content (AvgIpc) is 2.90. The van der Waals surface area contributed by atoms with Gasteiger partial charge >= 0.3 is 6.18 Å². The monoisotopic (exact) mass is 562 g/mol. The molecule has 0 N–H and O–H groups in total. The first-order chi connectivity index (χ1) is 18.5. The molecule has 2 aliphatic rings. The van der Waals surface area contributed by atoms with E-state index in [0.29, 0.717) is 37.0 Å². The Morgan fingerprint density at radius 1 is 0.846 bits per heavy atom. The van der Waals surface area contributed by atoms with Crippen molar-refractivity contribution in [3.63, 3.8) is 0 Å². The number of hydrogen-bond donors (Lipinski definition) is 0. The molecular formula is C29H30F8O2. The molecule has 1 aliphatic carbocycles. The number of alkyl halides is 3. The van der Waals surface area contributed by atoms with Crippen molar-refractivity contribution in [1.29, 1.82) is 0 Å². The number of benzene rings is 2. The largest absolute Gasteiger partial charge is 0.422 e. The lowest BCUT2D eigenvalue weighted by molar-refractivity contribution is -0.214. The standard InChI is InChI=1S/C29H30F8O2/c1-2-3-4-22(30)27(34)18-9-10-21(23(31)11-18)17-7-5-16(6-8-17)20-14-38-28(39-15-20)19-12-24(32)26(25(33)13-19)29(35,36)37/h9-13,16-17,20,28H,2-8,14-15H2,1H3. The predicted octanol–water partition coefficient (Wildman–Crippen LogP) is 9.56. The Labute approximate surface area is 222 Å². The van der Waals surface area contributed by atoms with Gasteiger partial charge in [-0.15, -0.1) is 0 Å². The fourth-order valence-electron chi connectivity index (χ4n) is 5.48. The van der Waals surface area contributed by atoms with Crippen molar-refractivity contribution in [1.82, 2.24) is 0 Å². The molecule has 1 aliphatic heterocycles. The number of ether oxygens (including phenoxy) is 2. The molecule has 0 bridgehead atoms. The minimum Gasteiger partial charge on any atom is -0.348 e. The lowest BCUT2D eigenvalue weighted by atomic mass is 9.74. The fourth-order valence-corrected chi connectivity index (χ4v) is 5.48. The lowest BCUT2D eigenvalue weighted by Crippen LogP contribution is -2.34. The molecule has 2 aromatic carbocycles. The summed E-state index contributed by atoms with van der Waals surface area (Å²) in [5.74, 6) is -5.88. The first-order valence-electron chi connectivity index (χ1n) is 13.1. The van der Waals surface area contributed by atoms with Gasteiger partial charge in [0.05, 0.1) is 13.2 Å². The maximum absolute atomic E-state index is 14.8. The summed E-state index contributed by atoms with van der Waals surface area (Å²) < 4.78 is 121. The fraction of sp³-hybridized carbons (Fsp3) is 0.517. The van der Waals surface area contributed by atoms with Gasteiger partial charge in [-0.05, 0) is 67.7 Å². The summed E-state index contributed by atoms with van der Waals surface area (Å²) in [5, 5.41) is 0. The van der Waals surface area contributed by atoms with E-state index in [0.717, 1.165) is 25.3 Å². The van der Waals surface area contributed by atoms with Gasteiger partial charge in [0.25, 0.3) is 0 Å². The van der Waals surface area contributed by atoms with E-state index in [-0.39, 0.29) is 48.5 Å². The highest BCUT2D eigenvalue weighted by Gasteiger charge is 2.39. The van der Waals surface area contributed by atoms with Gasteiger partial charge in [0, 0.05) is 23.5 Å². The van der Waals surface area contributed by atoms with Crippen molar-refractivity contribution in [3.8, 4) is 0 Å². The Morgan fingerprint density at radius 3 is 2.00 bits per heavy atom. The van der Waals surface area contributed by atoms with Crippen molar-refractivity contribution in [2.45, 2.75) is 70.3 Å². The summed E-state index contributed by atoms with van der Waals surface area (Å²) in [6.07, 6.45) is -2.34. The van der Waals surface area contributed by atoms with Gasteiger partial charge in [0.1, 0.15) is 28.8 Å². The quantitative estimate of drug-likeness (QED) is 0.313. The van der Waals surface area contributed by atoms with Crippen LogP contribution in [0.3, 0.4) is 0 Å². The van der Waals surface area contributed by atoms with Crippen LogP contribution in [0.5, 0.6) is 0 Å². The molecule has 1 saturated carbocycles. The maximum atomic E-state index is 14.8. The number of halogens is 8. The molecule has 39 heavy (non-hydrogen) atoms. The van der Waals surface area contributed by atoms with Crippen molar-refractivity contribution in [3.05, 3.63) is 75.9 Å². The third kappa shape index (κ3) is 6.82. The van der Waals surface area contributed by atoms with Crippen molar-refractivity contribution in [2.75, 3.05) is 13.2 Å². The lowest BCUT2D eigenvalue weighted by Gasteiger charge is -2.38. The van der Waals surface area contributed by atoms with Crippen LogP contribution in [-0.2, 0) is 15.7 Å². The van der Waals surface area contributed by atoms with E-state index in [1.165, 1.54) is 12.1 Å². The molecule has 0 amide bonds. The Bertz CT molecular complexity index is 1150. The van der Waals surface area contributed by atoms with Gasteiger partial charge < -0.3 is 9.47 Å². The third-order valence-corrected chi connectivity index (χ3v) is 7.66. The molecule has 0 unspecified atom stereocenters. The van der Waals surface area contributed by atoms with Gasteiger partial charge in [-0.25, -0.2) is 22.0 Å². The number of unbranched alkanes of at least 4 members (excludes halogenated alkanes) is 1. The van der Waals surface area contributed by atoms with Crippen molar-refractivity contribution >= 4 is 5.83 Å². The van der Waals surface area contributed by atoms with Crippen LogP contribution in [0.1, 0.15) is 86.3 Å². The van der Waals surface area contributed by atoms with E-state index in [1.807, 2.05) is 6.92 Å². The van der Waals surface area contributed by atoms with Crippen LogP contribution in [0.25, 0.3) is 5.83 Å². The van der Waals surface area contributed by atoms with E-state index >= 15 is 0 Å². The molecule has 1 heterocycles. The van der Waals surface area contributed by atoms with Gasteiger partial charge in [-0.2, -0.15) is 13.2 Å². The second-order valence-corrected chi connectivity index (χ2v) is 10.3. The van der Waals surface area contributed by atoms with E-state index in [4.69, 9.17) is 9.47 Å². The second-order valence-electron chi connectivity index (χ2n) is 10.3. The summed E-state index contributed by atoms with van der Waals surface area (Å²) in [4.78, 5) is 0. The first-order valence-corrected chi connectivity index (χ1v) is 13.1.